The number of nitrogens with zero attached hydrogens (tertiary/aromatic N) is 2. The molecule has 3 rings (SSSR count). The molecule has 0 fully saturated rings. The number of aromatic nitrogens is 2. The third kappa shape index (κ3) is 6.31. The van der Waals surface area contributed by atoms with E-state index in [-0.39, 0.29) is 4.90 Å². The van der Waals surface area contributed by atoms with E-state index in [1.54, 1.807) is 47.6 Å². The zero-order valence-electron chi connectivity index (χ0n) is 14.3. The second kappa shape index (κ2) is 8.73. The lowest BCUT2D eigenvalue weighted by atomic mass is 10.3. The lowest BCUT2D eigenvalue weighted by Crippen LogP contribution is -2.21. The van der Waals surface area contributed by atoms with Crippen LogP contribution in [-0.2, 0) is 14.8 Å². The number of rotatable bonds is 4. The summed E-state index contributed by atoms with van der Waals surface area (Å²) in [6, 6.07) is 11.6. The first-order valence-corrected chi connectivity index (χ1v) is 9.14. The molecule has 0 radical (unpaired) electrons. The highest BCUT2D eigenvalue weighted by Gasteiger charge is 2.38. The molecule has 0 unspecified atom stereocenters. The van der Waals surface area contributed by atoms with Gasteiger partial charge in [0.25, 0.3) is 10.0 Å². The van der Waals surface area contributed by atoms with Crippen LogP contribution in [0, 0.1) is 5.82 Å². The summed E-state index contributed by atoms with van der Waals surface area (Å²) < 4.78 is 73.4. The van der Waals surface area contributed by atoms with Crippen LogP contribution in [0.5, 0.6) is 0 Å². The highest BCUT2D eigenvalue weighted by molar-refractivity contribution is 7.92. The van der Waals surface area contributed by atoms with Crippen molar-refractivity contribution in [3.05, 3.63) is 73.1 Å². The summed E-state index contributed by atoms with van der Waals surface area (Å²) in [7, 11) is -3.81. The number of alkyl halides is 3. The van der Waals surface area contributed by atoms with Gasteiger partial charge < -0.3 is 9.67 Å². The van der Waals surface area contributed by atoms with Gasteiger partial charge in [0.05, 0.1) is 11.2 Å². The maximum atomic E-state index is 13.1. The Bertz CT molecular complexity index is 1070. The standard InChI is InChI=1S/C15H12FN3O2S.C2HF3O2/c16-12-2-1-3-15(10-12)22(20,21)18-13-4-6-14(7-5-13)19-9-8-17-11-19;3-2(4,5)1(6)7/h1-11,18H;(H,6,7). The van der Waals surface area contributed by atoms with Crippen molar-refractivity contribution in [1.29, 1.82) is 0 Å². The Morgan fingerprint density at radius 3 is 2.21 bits per heavy atom. The monoisotopic (exact) mass is 431 g/mol. The summed E-state index contributed by atoms with van der Waals surface area (Å²) in [6.45, 7) is 0. The molecule has 12 heteroatoms. The maximum absolute atomic E-state index is 13.1. The number of aliphatic carboxylic acids is 1. The minimum absolute atomic E-state index is 0.119. The van der Waals surface area contributed by atoms with E-state index in [9.17, 15) is 26.0 Å². The molecule has 0 bridgehead atoms. The minimum atomic E-state index is -5.08. The molecule has 0 amide bonds. The molecule has 0 spiro atoms. The predicted octanol–water partition coefficient (Wildman–Crippen LogP) is 3.45. The van der Waals surface area contributed by atoms with Crippen LogP contribution < -0.4 is 4.72 Å². The third-order valence-corrected chi connectivity index (χ3v) is 4.65. The normalized spacial score (nSPS) is 11.3. The molecule has 29 heavy (non-hydrogen) atoms. The van der Waals surface area contributed by atoms with Crippen molar-refractivity contribution in [2.24, 2.45) is 0 Å². The van der Waals surface area contributed by atoms with Crippen LogP contribution in [-0.4, -0.2) is 35.2 Å². The first kappa shape index (κ1) is 21.9. The zero-order valence-corrected chi connectivity index (χ0v) is 15.2. The van der Waals surface area contributed by atoms with Crippen LogP contribution >= 0.6 is 0 Å². The maximum Gasteiger partial charge on any atom is 0.490 e. The molecule has 0 saturated heterocycles. The van der Waals surface area contributed by atoms with E-state index in [2.05, 4.69) is 9.71 Å². The Morgan fingerprint density at radius 2 is 1.72 bits per heavy atom. The fraction of sp³-hybridized carbons (Fsp3) is 0.0588. The molecular weight excluding hydrogens is 418 g/mol. The number of carboxylic acid groups (broad SMARTS) is 1. The number of hydrogen-bond donors (Lipinski definition) is 2. The van der Waals surface area contributed by atoms with Gasteiger partial charge in [-0.3, -0.25) is 4.72 Å². The first-order valence-electron chi connectivity index (χ1n) is 7.66. The SMILES string of the molecule is O=C(O)C(F)(F)F.O=S(=O)(Nc1ccc(-n2ccnc2)cc1)c1cccc(F)c1. The number of sulfonamides is 1. The Morgan fingerprint density at radius 1 is 1.10 bits per heavy atom. The quantitative estimate of drug-likeness (QED) is 0.617. The Labute approximate surface area is 162 Å². The highest BCUT2D eigenvalue weighted by Crippen LogP contribution is 2.18. The van der Waals surface area contributed by atoms with Gasteiger partial charge in [-0.15, -0.1) is 0 Å². The van der Waals surface area contributed by atoms with Crippen molar-refractivity contribution in [3.8, 4) is 5.69 Å². The second-order valence-corrected chi connectivity index (χ2v) is 7.07. The van der Waals surface area contributed by atoms with Gasteiger partial charge >= 0.3 is 12.1 Å². The average molecular weight is 431 g/mol. The van der Waals surface area contributed by atoms with E-state index in [0.29, 0.717) is 5.69 Å². The molecule has 3 aromatic rings. The number of hydrogen-bond acceptors (Lipinski definition) is 4. The van der Waals surface area contributed by atoms with E-state index in [0.717, 1.165) is 11.8 Å². The summed E-state index contributed by atoms with van der Waals surface area (Å²) in [5, 5.41) is 7.12. The smallest absolute Gasteiger partial charge is 0.475 e. The van der Waals surface area contributed by atoms with Gasteiger partial charge in [0.1, 0.15) is 5.82 Å². The summed E-state index contributed by atoms with van der Waals surface area (Å²) in [5.74, 6) is -3.36. The van der Waals surface area contributed by atoms with Crippen LogP contribution in [0.3, 0.4) is 0 Å². The fourth-order valence-electron chi connectivity index (χ4n) is 1.96. The van der Waals surface area contributed by atoms with Crippen molar-refractivity contribution in [3.63, 3.8) is 0 Å². The molecule has 2 N–H and O–H groups in total. The molecule has 0 aliphatic heterocycles. The third-order valence-electron chi connectivity index (χ3n) is 3.27. The predicted molar refractivity (Wildman–Crippen MR) is 94.5 cm³/mol. The van der Waals surface area contributed by atoms with E-state index >= 15 is 0 Å². The number of halogens is 4. The number of imidazole rings is 1. The van der Waals surface area contributed by atoms with Gasteiger partial charge in [-0.1, -0.05) is 6.07 Å². The minimum Gasteiger partial charge on any atom is -0.475 e. The molecule has 0 saturated carbocycles. The lowest BCUT2D eigenvalue weighted by molar-refractivity contribution is -0.192. The topological polar surface area (TPSA) is 101 Å². The van der Waals surface area contributed by atoms with Gasteiger partial charge in [-0.2, -0.15) is 13.2 Å². The van der Waals surface area contributed by atoms with E-state index in [4.69, 9.17) is 9.90 Å². The Kier molecular flexibility index (Phi) is 6.59. The van der Waals surface area contributed by atoms with Gasteiger partial charge in [0.15, 0.2) is 0 Å². The van der Waals surface area contributed by atoms with Crippen LogP contribution in [0.2, 0.25) is 0 Å². The molecule has 154 valence electrons. The fourth-order valence-corrected chi connectivity index (χ4v) is 3.05. The van der Waals surface area contributed by atoms with Gasteiger partial charge in [0.2, 0.25) is 0 Å². The van der Waals surface area contributed by atoms with Crippen molar-refractivity contribution < 1.29 is 35.9 Å². The van der Waals surface area contributed by atoms with E-state index in [1.165, 1.54) is 18.2 Å². The summed E-state index contributed by atoms with van der Waals surface area (Å²) >= 11 is 0. The van der Waals surface area contributed by atoms with E-state index < -0.39 is 28.0 Å². The van der Waals surface area contributed by atoms with Crippen LogP contribution in [0.1, 0.15) is 0 Å². The van der Waals surface area contributed by atoms with Crippen LogP contribution in [0.15, 0.2) is 72.1 Å². The van der Waals surface area contributed by atoms with Crippen LogP contribution in [0.25, 0.3) is 5.69 Å². The first-order chi connectivity index (χ1) is 13.5. The molecule has 1 heterocycles. The van der Waals surface area contributed by atoms with Gasteiger partial charge in [-0.25, -0.2) is 22.6 Å². The molecule has 0 aliphatic carbocycles. The van der Waals surface area contributed by atoms with Crippen molar-refractivity contribution in [1.82, 2.24) is 9.55 Å². The largest absolute Gasteiger partial charge is 0.490 e. The average Bonchev–Trinajstić information content (AvgIpc) is 3.16. The molecule has 1 aromatic heterocycles. The second-order valence-electron chi connectivity index (χ2n) is 5.38. The highest BCUT2D eigenvalue weighted by atomic mass is 32.2. The molecule has 7 nitrogen and oxygen atoms in total. The van der Waals surface area contributed by atoms with E-state index in [1.807, 2.05) is 0 Å². The van der Waals surface area contributed by atoms with Crippen molar-refractivity contribution in [2.75, 3.05) is 4.72 Å². The summed E-state index contributed by atoms with van der Waals surface area (Å²) in [4.78, 5) is 12.7. The summed E-state index contributed by atoms with van der Waals surface area (Å²) in [5.41, 5.74) is 1.25. The Hall–Kier alpha value is -3.41. The summed E-state index contributed by atoms with van der Waals surface area (Å²) in [6.07, 6.45) is -0.00157. The molecule has 0 aliphatic rings. The van der Waals surface area contributed by atoms with Gasteiger partial charge in [0, 0.05) is 23.8 Å². The van der Waals surface area contributed by atoms with Crippen molar-refractivity contribution >= 4 is 21.7 Å². The number of anilines is 1. The molecule has 0 atom stereocenters. The number of benzene rings is 2. The number of carbonyl (C=O) groups is 1. The molecule has 2 aromatic carbocycles. The number of carboxylic acids is 1. The zero-order chi connectivity index (χ0) is 21.7. The lowest BCUT2D eigenvalue weighted by Gasteiger charge is -2.09. The number of nitrogens with one attached hydrogen (secondary N) is 1. The van der Waals surface area contributed by atoms with Crippen molar-refractivity contribution in [2.45, 2.75) is 11.1 Å². The molecular formula is C17H13F4N3O4S. The Balaban J connectivity index is 0.000000370. The van der Waals surface area contributed by atoms with Gasteiger partial charge in [-0.05, 0) is 42.5 Å². The van der Waals surface area contributed by atoms with Crippen LogP contribution in [0.4, 0.5) is 23.2 Å².